The first-order valence-corrected chi connectivity index (χ1v) is 9.28. The Morgan fingerprint density at radius 2 is 1.90 bits per heavy atom. The molecule has 0 radical (unpaired) electrons. The van der Waals surface area contributed by atoms with E-state index in [0.29, 0.717) is 5.92 Å². The lowest BCUT2D eigenvalue weighted by atomic mass is 9.95. The van der Waals surface area contributed by atoms with Crippen LogP contribution in [-0.4, -0.2) is 26.8 Å². The predicted octanol–water partition coefficient (Wildman–Crippen LogP) is 4.84. The zero-order valence-corrected chi connectivity index (χ0v) is 15.9. The molecule has 2 aromatic rings. The largest absolute Gasteiger partial charge is 0.383 e. The molecule has 1 unspecified atom stereocenters. The average Bonchev–Trinajstić information content (AvgIpc) is 2.88. The molecule has 1 aromatic carbocycles. The number of thiophene rings is 1. The van der Waals surface area contributed by atoms with Crippen LogP contribution in [0.15, 0.2) is 44.7 Å². The van der Waals surface area contributed by atoms with Gasteiger partial charge in [0.1, 0.15) is 0 Å². The number of halogens is 2. The maximum Gasteiger partial charge on any atom is 0.0701 e. The van der Waals surface area contributed by atoms with E-state index in [9.17, 15) is 0 Å². The zero-order chi connectivity index (χ0) is 15.1. The normalized spacial score (nSPS) is 12.5. The summed E-state index contributed by atoms with van der Waals surface area (Å²) >= 11 is 8.86. The SMILES string of the molecule is COCCNCC(Cc1ccc(Br)s1)c1ccc(Br)cc1. The van der Waals surface area contributed by atoms with E-state index in [-0.39, 0.29) is 0 Å². The molecular weight excluding hydrogens is 414 g/mol. The van der Waals surface area contributed by atoms with Crippen LogP contribution < -0.4 is 5.32 Å². The van der Waals surface area contributed by atoms with Gasteiger partial charge in [0.15, 0.2) is 0 Å². The number of rotatable bonds is 8. The third kappa shape index (κ3) is 5.83. The summed E-state index contributed by atoms with van der Waals surface area (Å²) in [5.74, 6) is 0.473. The van der Waals surface area contributed by atoms with E-state index in [4.69, 9.17) is 4.74 Å². The Labute approximate surface area is 147 Å². The van der Waals surface area contributed by atoms with Crippen LogP contribution in [0.5, 0.6) is 0 Å². The fourth-order valence-electron chi connectivity index (χ4n) is 2.20. The van der Waals surface area contributed by atoms with Crippen LogP contribution in [0.25, 0.3) is 0 Å². The van der Waals surface area contributed by atoms with Crippen molar-refractivity contribution in [3.63, 3.8) is 0 Å². The Bertz CT molecular complexity index is 541. The molecule has 0 spiro atoms. The van der Waals surface area contributed by atoms with Gasteiger partial charge in [0.05, 0.1) is 10.4 Å². The Morgan fingerprint density at radius 1 is 1.14 bits per heavy atom. The number of methoxy groups -OCH3 is 1. The van der Waals surface area contributed by atoms with Crippen molar-refractivity contribution in [2.45, 2.75) is 12.3 Å². The van der Waals surface area contributed by atoms with Gasteiger partial charge in [-0.15, -0.1) is 11.3 Å². The van der Waals surface area contributed by atoms with Crippen molar-refractivity contribution >= 4 is 43.2 Å². The number of benzene rings is 1. The van der Waals surface area contributed by atoms with Gasteiger partial charge >= 0.3 is 0 Å². The minimum atomic E-state index is 0.473. The number of hydrogen-bond acceptors (Lipinski definition) is 3. The van der Waals surface area contributed by atoms with Gasteiger partial charge in [-0.1, -0.05) is 28.1 Å². The fraction of sp³-hybridized carbons (Fsp3) is 0.375. The number of ether oxygens (including phenoxy) is 1. The van der Waals surface area contributed by atoms with E-state index in [0.717, 1.165) is 30.6 Å². The first kappa shape index (κ1) is 17.2. The molecule has 0 fully saturated rings. The molecule has 0 aliphatic carbocycles. The van der Waals surface area contributed by atoms with Gasteiger partial charge in [0.25, 0.3) is 0 Å². The number of nitrogens with one attached hydrogen (secondary N) is 1. The summed E-state index contributed by atoms with van der Waals surface area (Å²) in [6.45, 7) is 2.59. The third-order valence-electron chi connectivity index (χ3n) is 3.29. The van der Waals surface area contributed by atoms with Crippen LogP contribution in [0.1, 0.15) is 16.4 Å². The van der Waals surface area contributed by atoms with Gasteiger partial charge in [-0.25, -0.2) is 0 Å². The maximum absolute atomic E-state index is 5.09. The topological polar surface area (TPSA) is 21.3 Å². The van der Waals surface area contributed by atoms with Crippen LogP contribution >= 0.6 is 43.2 Å². The molecule has 0 bridgehead atoms. The second-order valence-electron chi connectivity index (χ2n) is 4.86. The first-order valence-electron chi connectivity index (χ1n) is 6.88. The molecule has 0 aliphatic rings. The van der Waals surface area contributed by atoms with Gasteiger partial charge in [-0.05, 0) is 52.2 Å². The fourth-order valence-corrected chi connectivity index (χ4v) is 4.03. The van der Waals surface area contributed by atoms with E-state index >= 15 is 0 Å². The molecule has 1 N–H and O–H groups in total. The van der Waals surface area contributed by atoms with Crippen LogP contribution in [0.2, 0.25) is 0 Å². The molecule has 5 heteroatoms. The van der Waals surface area contributed by atoms with Crippen LogP contribution in [0.3, 0.4) is 0 Å². The molecule has 0 aliphatic heterocycles. The van der Waals surface area contributed by atoms with Crippen molar-refractivity contribution in [3.8, 4) is 0 Å². The van der Waals surface area contributed by atoms with E-state index in [1.165, 1.54) is 14.2 Å². The summed E-state index contributed by atoms with van der Waals surface area (Å²) in [6, 6.07) is 13.0. The van der Waals surface area contributed by atoms with Gasteiger partial charge in [0.2, 0.25) is 0 Å². The summed E-state index contributed by atoms with van der Waals surface area (Å²) in [6.07, 6.45) is 1.05. The summed E-state index contributed by atoms with van der Waals surface area (Å²) < 4.78 is 7.41. The van der Waals surface area contributed by atoms with Gasteiger partial charge in [0, 0.05) is 35.5 Å². The van der Waals surface area contributed by atoms with Crippen LogP contribution in [0, 0.1) is 0 Å². The highest BCUT2D eigenvalue weighted by atomic mass is 79.9. The molecule has 1 aromatic heterocycles. The van der Waals surface area contributed by atoms with Crippen molar-refractivity contribution in [1.82, 2.24) is 5.32 Å². The lowest BCUT2D eigenvalue weighted by Gasteiger charge is -2.18. The predicted molar refractivity (Wildman–Crippen MR) is 97.4 cm³/mol. The van der Waals surface area contributed by atoms with Gasteiger partial charge in [-0.3, -0.25) is 0 Å². The maximum atomic E-state index is 5.09. The Balaban J connectivity index is 2.04. The second-order valence-corrected chi connectivity index (χ2v) is 8.32. The molecule has 2 nitrogen and oxygen atoms in total. The Kier molecular flexibility index (Phi) is 7.40. The monoisotopic (exact) mass is 431 g/mol. The molecule has 0 saturated heterocycles. The highest BCUT2D eigenvalue weighted by Crippen LogP contribution is 2.28. The summed E-state index contributed by atoms with van der Waals surface area (Å²) in [4.78, 5) is 1.41. The lowest BCUT2D eigenvalue weighted by Crippen LogP contribution is -2.26. The zero-order valence-electron chi connectivity index (χ0n) is 11.9. The van der Waals surface area contributed by atoms with Gasteiger partial charge < -0.3 is 10.1 Å². The molecule has 0 amide bonds. The molecule has 0 saturated carbocycles. The van der Waals surface area contributed by atoms with E-state index in [1.54, 1.807) is 7.11 Å². The molecule has 114 valence electrons. The molecule has 21 heavy (non-hydrogen) atoms. The minimum Gasteiger partial charge on any atom is -0.383 e. The first-order chi connectivity index (χ1) is 10.2. The summed E-state index contributed by atoms with van der Waals surface area (Å²) in [5.41, 5.74) is 1.37. The van der Waals surface area contributed by atoms with Crippen molar-refractivity contribution in [2.75, 3.05) is 26.8 Å². The van der Waals surface area contributed by atoms with Crippen molar-refractivity contribution in [3.05, 3.63) is 55.1 Å². The summed E-state index contributed by atoms with van der Waals surface area (Å²) in [5, 5.41) is 3.48. The van der Waals surface area contributed by atoms with Crippen LogP contribution in [-0.2, 0) is 11.2 Å². The smallest absolute Gasteiger partial charge is 0.0701 e. The number of hydrogen-bond donors (Lipinski definition) is 1. The van der Waals surface area contributed by atoms with Crippen molar-refractivity contribution < 1.29 is 4.74 Å². The standard InChI is InChI=1S/C16H19Br2NOS/c1-20-9-8-19-11-13(10-15-6-7-16(18)21-15)12-2-4-14(17)5-3-12/h2-7,13,19H,8-11H2,1H3. The molecular formula is C16H19Br2NOS. The van der Waals surface area contributed by atoms with Crippen molar-refractivity contribution in [2.24, 2.45) is 0 Å². The Morgan fingerprint density at radius 3 is 2.52 bits per heavy atom. The highest BCUT2D eigenvalue weighted by molar-refractivity contribution is 9.11. The van der Waals surface area contributed by atoms with E-state index in [1.807, 2.05) is 11.3 Å². The Hall–Kier alpha value is -0.200. The van der Waals surface area contributed by atoms with Crippen molar-refractivity contribution in [1.29, 1.82) is 0 Å². The minimum absolute atomic E-state index is 0.473. The highest BCUT2D eigenvalue weighted by Gasteiger charge is 2.13. The second kappa shape index (κ2) is 9.06. The lowest BCUT2D eigenvalue weighted by molar-refractivity contribution is 0.199. The molecule has 1 atom stereocenters. The van der Waals surface area contributed by atoms with Gasteiger partial charge in [-0.2, -0.15) is 0 Å². The quantitative estimate of drug-likeness (QED) is 0.602. The van der Waals surface area contributed by atoms with Crippen LogP contribution in [0.4, 0.5) is 0 Å². The molecule has 2 rings (SSSR count). The summed E-state index contributed by atoms with van der Waals surface area (Å²) in [7, 11) is 1.73. The molecule has 1 heterocycles. The third-order valence-corrected chi connectivity index (χ3v) is 5.47. The average molecular weight is 433 g/mol. The van der Waals surface area contributed by atoms with E-state index < -0.39 is 0 Å². The van der Waals surface area contributed by atoms with E-state index in [2.05, 4.69) is 73.6 Å².